The van der Waals surface area contributed by atoms with Gasteiger partial charge in [-0.05, 0) is 43.4 Å². The van der Waals surface area contributed by atoms with Crippen molar-refractivity contribution in [2.45, 2.75) is 426 Å². The van der Waals surface area contributed by atoms with E-state index < -0.39 is 97.5 Å². The van der Waals surface area contributed by atoms with Crippen LogP contribution in [0.5, 0.6) is 0 Å². The second-order valence-corrected chi connectivity index (χ2v) is 32.1. The molecule has 98 heavy (non-hydrogen) atoms. The summed E-state index contributed by atoms with van der Waals surface area (Å²) < 4.78 is 68.6. The van der Waals surface area contributed by atoms with Crippen molar-refractivity contribution in [2.75, 3.05) is 39.6 Å². The number of esters is 4. The standard InChI is InChI=1S/C79H154O17P2/c1-8-12-13-14-15-39-46-53-60-76(81)89-66-74(95-79(84)63-56-49-42-35-29-28-32-38-45-52-59-72(7)11-4)68-93-97(85,86)91-64-73(80)65-92-98(87,88)94-69-75(96-78(83)62-55-48-41-34-27-23-19-17-21-25-31-37-44-51-58-71(6)10-3)67-90-77(82)61-54-47-40-33-26-22-18-16-20-24-30-36-43-50-57-70(5)9-2/h70-75,80H,8-69H2,1-7H3,(H,85,86)(H,87,88)/t70?,71?,72?,73-,74+,75+/m0/s1. The summed E-state index contributed by atoms with van der Waals surface area (Å²) in [6, 6.07) is 0. The van der Waals surface area contributed by atoms with Crippen LogP contribution in [-0.4, -0.2) is 96.7 Å². The third-order valence-electron chi connectivity index (χ3n) is 19.5. The van der Waals surface area contributed by atoms with E-state index in [9.17, 15) is 43.2 Å². The molecule has 5 unspecified atom stereocenters. The number of hydrogen-bond acceptors (Lipinski definition) is 15. The molecule has 17 nitrogen and oxygen atoms in total. The van der Waals surface area contributed by atoms with Crippen molar-refractivity contribution < 1.29 is 80.2 Å². The lowest BCUT2D eigenvalue weighted by atomic mass is 9.99. The molecule has 0 saturated carbocycles. The van der Waals surface area contributed by atoms with Gasteiger partial charge in [0.05, 0.1) is 26.4 Å². The van der Waals surface area contributed by atoms with Crippen molar-refractivity contribution >= 4 is 39.5 Å². The molecule has 0 bridgehead atoms. The third kappa shape index (κ3) is 68.5. The number of unbranched alkanes of at least 4 members (excludes halogenated alkanes) is 42. The summed E-state index contributed by atoms with van der Waals surface area (Å²) in [5.74, 6) is 0.383. The number of aliphatic hydroxyl groups excluding tert-OH is 1. The van der Waals surface area contributed by atoms with Crippen molar-refractivity contribution in [3.8, 4) is 0 Å². The summed E-state index contributed by atoms with van der Waals surface area (Å²) in [5, 5.41) is 10.6. The summed E-state index contributed by atoms with van der Waals surface area (Å²) in [6.45, 7) is 12.0. The van der Waals surface area contributed by atoms with Crippen LogP contribution in [0.2, 0.25) is 0 Å². The summed E-state index contributed by atoms with van der Waals surface area (Å²) >= 11 is 0. The molecule has 0 aliphatic carbocycles. The average molecular weight is 1440 g/mol. The lowest BCUT2D eigenvalue weighted by Crippen LogP contribution is -2.30. The van der Waals surface area contributed by atoms with Crippen LogP contribution in [0.3, 0.4) is 0 Å². The molecule has 0 radical (unpaired) electrons. The van der Waals surface area contributed by atoms with Crippen molar-refractivity contribution in [3.63, 3.8) is 0 Å². The predicted molar refractivity (Wildman–Crippen MR) is 400 cm³/mol. The number of hydrogen-bond donors (Lipinski definition) is 3. The fourth-order valence-corrected chi connectivity index (χ4v) is 13.6. The van der Waals surface area contributed by atoms with Gasteiger partial charge in [-0.25, -0.2) is 9.13 Å². The number of aliphatic hydroxyl groups is 1. The molecular weight excluding hydrogens is 1280 g/mol. The average Bonchev–Trinajstić information content (AvgIpc) is 1.03. The molecule has 0 amide bonds. The normalized spacial score (nSPS) is 14.8. The van der Waals surface area contributed by atoms with Gasteiger partial charge >= 0.3 is 39.5 Å². The first kappa shape index (κ1) is 96.1. The highest BCUT2D eigenvalue weighted by molar-refractivity contribution is 7.47. The van der Waals surface area contributed by atoms with Crippen LogP contribution in [-0.2, 0) is 65.4 Å². The zero-order valence-electron chi connectivity index (χ0n) is 64.3. The van der Waals surface area contributed by atoms with Crippen LogP contribution >= 0.6 is 15.6 Å². The van der Waals surface area contributed by atoms with E-state index in [2.05, 4.69) is 48.5 Å². The number of phosphoric acid groups is 2. The van der Waals surface area contributed by atoms with E-state index in [-0.39, 0.29) is 25.7 Å². The summed E-state index contributed by atoms with van der Waals surface area (Å²) in [5.41, 5.74) is 0. The Hall–Kier alpha value is -1.94. The molecule has 0 aliphatic heterocycles. The third-order valence-corrected chi connectivity index (χ3v) is 21.4. The van der Waals surface area contributed by atoms with E-state index in [4.69, 9.17) is 37.0 Å². The van der Waals surface area contributed by atoms with Crippen LogP contribution < -0.4 is 0 Å². The van der Waals surface area contributed by atoms with Crippen LogP contribution in [0, 0.1) is 17.8 Å². The molecule has 0 spiro atoms. The minimum Gasteiger partial charge on any atom is -0.462 e. The molecule has 8 atom stereocenters. The number of phosphoric ester groups is 2. The number of carbonyl (C=O) groups excluding carboxylic acids is 4. The predicted octanol–water partition coefficient (Wildman–Crippen LogP) is 23.4. The molecule has 582 valence electrons. The Morgan fingerprint density at radius 2 is 0.490 bits per heavy atom. The van der Waals surface area contributed by atoms with Gasteiger partial charge in [0.25, 0.3) is 0 Å². The van der Waals surface area contributed by atoms with Crippen molar-refractivity contribution in [1.29, 1.82) is 0 Å². The van der Waals surface area contributed by atoms with Gasteiger partial charge in [-0.1, -0.05) is 357 Å². The molecule has 0 aromatic carbocycles. The van der Waals surface area contributed by atoms with Gasteiger partial charge in [-0.15, -0.1) is 0 Å². The van der Waals surface area contributed by atoms with Crippen LogP contribution in [0.4, 0.5) is 0 Å². The highest BCUT2D eigenvalue weighted by Crippen LogP contribution is 2.45. The summed E-state index contributed by atoms with van der Waals surface area (Å²) in [4.78, 5) is 72.9. The Balaban J connectivity index is 5.22. The molecule has 0 rings (SSSR count). The lowest BCUT2D eigenvalue weighted by Gasteiger charge is -2.21. The molecule has 3 N–H and O–H groups in total. The van der Waals surface area contributed by atoms with Crippen molar-refractivity contribution in [2.24, 2.45) is 17.8 Å². The fraction of sp³-hybridized carbons (Fsp3) is 0.949. The Morgan fingerprint density at radius 1 is 0.286 bits per heavy atom. The van der Waals surface area contributed by atoms with E-state index in [1.54, 1.807) is 0 Å². The maximum absolute atomic E-state index is 13.1. The molecular formula is C79H154O17P2. The maximum Gasteiger partial charge on any atom is 0.472 e. The second kappa shape index (κ2) is 69.4. The second-order valence-electron chi connectivity index (χ2n) is 29.2. The van der Waals surface area contributed by atoms with E-state index in [0.717, 1.165) is 114 Å². The number of carbonyl (C=O) groups is 4. The van der Waals surface area contributed by atoms with E-state index in [1.807, 2.05) is 0 Å². The minimum absolute atomic E-state index is 0.106. The van der Waals surface area contributed by atoms with Gasteiger partial charge in [-0.3, -0.25) is 37.3 Å². The Bertz CT molecular complexity index is 1910. The first-order chi connectivity index (χ1) is 47.3. The first-order valence-electron chi connectivity index (χ1n) is 41.0. The summed E-state index contributed by atoms with van der Waals surface area (Å²) in [7, 11) is -9.91. The molecule has 0 aromatic heterocycles. The van der Waals surface area contributed by atoms with Gasteiger partial charge in [0.15, 0.2) is 12.2 Å². The molecule has 19 heteroatoms. The zero-order valence-corrected chi connectivity index (χ0v) is 66.0. The molecule has 0 saturated heterocycles. The Labute approximate surface area is 600 Å². The van der Waals surface area contributed by atoms with Gasteiger partial charge in [-0.2, -0.15) is 0 Å². The topological polar surface area (TPSA) is 237 Å². The van der Waals surface area contributed by atoms with Crippen LogP contribution in [0.1, 0.15) is 408 Å². The SMILES string of the molecule is CCCCCCCCCCC(=O)OC[C@H](COP(=O)(O)OC[C@H](O)COP(=O)(O)OC[C@@H](COC(=O)CCCCCCCCCCCCCCCCC(C)CC)OC(=O)CCCCCCCCCCCCCCCCC(C)CC)OC(=O)CCCCCCCCCCCCC(C)CC. The highest BCUT2D eigenvalue weighted by Gasteiger charge is 2.30. The monoisotopic (exact) mass is 1440 g/mol. The number of rotatable bonds is 77. The van der Waals surface area contributed by atoms with Crippen molar-refractivity contribution in [3.05, 3.63) is 0 Å². The van der Waals surface area contributed by atoms with Gasteiger partial charge < -0.3 is 33.8 Å². The molecule has 0 fully saturated rings. The summed E-state index contributed by atoms with van der Waals surface area (Å²) in [6.07, 6.45) is 56.7. The van der Waals surface area contributed by atoms with Gasteiger partial charge in [0.2, 0.25) is 0 Å². The van der Waals surface area contributed by atoms with E-state index >= 15 is 0 Å². The quantitative estimate of drug-likeness (QED) is 0.0222. The number of ether oxygens (including phenoxy) is 4. The van der Waals surface area contributed by atoms with Gasteiger partial charge in [0, 0.05) is 25.7 Å². The molecule has 0 aromatic rings. The Kier molecular flexibility index (Phi) is 68.1. The minimum atomic E-state index is -4.96. The lowest BCUT2D eigenvalue weighted by molar-refractivity contribution is -0.161. The smallest absolute Gasteiger partial charge is 0.462 e. The van der Waals surface area contributed by atoms with E-state index in [1.165, 1.54) is 212 Å². The van der Waals surface area contributed by atoms with Gasteiger partial charge in [0.1, 0.15) is 19.3 Å². The van der Waals surface area contributed by atoms with Crippen molar-refractivity contribution in [1.82, 2.24) is 0 Å². The van der Waals surface area contributed by atoms with Crippen LogP contribution in [0.15, 0.2) is 0 Å². The molecule has 0 aliphatic rings. The Morgan fingerprint density at radius 3 is 0.724 bits per heavy atom. The fourth-order valence-electron chi connectivity index (χ4n) is 12.0. The first-order valence-corrected chi connectivity index (χ1v) is 44.0. The highest BCUT2D eigenvalue weighted by atomic mass is 31.2. The molecule has 0 heterocycles. The maximum atomic E-state index is 13.1. The van der Waals surface area contributed by atoms with E-state index in [0.29, 0.717) is 25.7 Å². The van der Waals surface area contributed by atoms with Crippen LogP contribution in [0.25, 0.3) is 0 Å². The zero-order chi connectivity index (χ0) is 72.3. The largest absolute Gasteiger partial charge is 0.472 e.